The van der Waals surface area contributed by atoms with Crippen molar-refractivity contribution in [1.29, 1.82) is 0 Å². The Bertz CT molecular complexity index is 1400. The lowest BCUT2D eigenvalue weighted by atomic mass is 9.77. The highest BCUT2D eigenvalue weighted by Gasteiger charge is 2.58. The number of rotatable bonds is 1. The van der Waals surface area contributed by atoms with E-state index in [4.69, 9.17) is 9.73 Å². The number of ether oxygens (including phenoxy) is 1. The van der Waals surface area contributed by atoms with Crippen molar-refractivity contribution in [1.82, 2.24) is 0 Å². The van der Waals surface area contributed by atoms with Gasteiger partial charge in [0, 0.05) is 18.1 Å². The fraction of sp³-hybridized carbons (Fsp3) is 0.207. The summed E-state index contributed by atoms with van der Waals surface area (Å²) >= 11 is 0. The second-order valence-corrected chi connectivity index (χ2v) is 9.42. The molecule has 1 atom stereocenters. The molecule has 0 amide bonds. The van der Waals surface area contributed by atoms with E-state index in [0.29, 0.717) is 0 Å². The molecule has 0 radical (unpaired) electrons. The Labute approximate surface area is 189 Å². The maximum absolute atomic E-state index is 6.87. The van der Waals surface area contributed by atoms with Gasteiger partial charge in [0.05, 0.1) is 11.6 Å². The lowest BCUT2D eigenvalue weighted by Crippen LogP contribution is -2.61. The van der Waals surface area contributed by atoms with Gasteiger partial charge in [0.15, 0.2) is 0 Å². The molecule has 0 aromatic heterocycles. The number of benzene rings is 4. The van der Waals surface area contributed by atoms with Crippen LogP contribution in [0.5, 0.6) is 5.75 Å². The van der Waals surface area contributed by atoms with Gasteiger partial charge in [-0.3, -0.25) is 4.99 Å². The molecule has 2 heterocycles. The third kappa shape index (κ3) is 2.39. The SMILES string of the molecule is Cc1cc2c(c3ccc(-c4ccccc4)cc13)N=CC1(O2)N(C)c2ccccc2C1(C)C. The molecular weight excluding hydrogens is 392 g/mol. The van der Waals surface area contributed by atoms with E-state index < -0.39 is 5.72 Å². The molecule has 3 heteroatoms. The van der Waals surface area contributed by atoms with E-state index in [1.54, 1.807) is 0 Å². The number of aryl methyl sites for hydroxylation is 1. The lowest BCUT2D eigenvalue weighted by Gasteiger charge is -2.45. The van der Waals surface area contributed by atoms with Gasteiger partial charge >= 0.3 is 0 Å². The van der Waals surface area contributed by atoms with Gasteiger partial charge in [0.2, 0.25) is 5.72 Å². The molecule has 6 rings (SSSR count). The number of hydrogen-bond donors (Lipinski definition) is 0. The summed E-state index contributed by atoms with van der Waals surface area (Å²) in [5.41, 5.74) is 6.10. The number of anilines is 1. The first kappa shape index (κ1) is 19.1. The van der Waals surface area contributed by atoms with E-state index in [-0.39, 0.29) is 5.41 Å². The molecule has 0 saturated heterocycles. The Morgan fingerprint density at radius 1 is 0.812 bits per heavy atom. The van der Waals surface area contributed by atoms with Crippen molar-refractivity contribution in [2.24, 2.45) is 4.99 Å². The first-order valence-corrected chi connectivity index (χ1v) is 11.1. The van der Waals surface area contributed by atoms with Crippen LogP contribution in [0.1, 0.15) is 25.0 Å². The number of para-hydroxylation sites is 1. The second-order valence-electron chi connectivity index (χ2n) is 9.42. The van der Waals surface area contributed by atoms with Gasteiger partial charge < -0.3 is 9.64 Å². The van der Waals surface area contributed by atoms with E-state index in [2.05, 4.69) is 106 Å². The molecule has 0 aliphatic carbocycles. The highest BCUT2D eigenvalue weighted by atomic mass is 16.5. The van der Waals surface area contributed by atoms with E-state index in [9.17, 15) is 0 Å². The Morgan fingerprint density at radius 2 is 1.56 bits per heavy atom. The quantitative estimate of drug-likeness (QED) is 0.331. The maximum Gasteiger partial charge on any atom is 0.228 e. The van der Waals surface area contributed by atoms with Crippen LogP contribution in [-0.2, 0) is 5.41 Å². The van der Waals surface area contributed by atoms with E-state index in [1.165, 1.54) is 33.3 Å². The van der Waals surface area contributed by atoms with Crippen molar-refractivity contribution in [3.05, 3.63) is 90.0 Å². The zero-order valence-corrected chi connectivity index (χ0v) is 18.9. The van der Waals surface area contributed by atoms with Crippen LogP contribution in [0, 0.1) is 6.92 Å². The molecule has 2 aliphatic rings. The van der Waals surface area contributed by atoms with Gasteiger partial charge in [-0.1, -0.05) is 60.7 Å². The molecule has 0 saturated carbocycles. The van der Waals surface area contributed by atoms with Gasteiger partial charge in [-0.2, -0.15) is 0 Å². The predicted octanol–water partition coefficient (Wildman–Crippen LogP) is 7.03. The summed E-state index contributed by atoms with van der Waals surface area (Å²) in [6.07, 6.45) is 2.01. The summed E-state index contributed by atoms with van der Waals surface area (Å²) in [6.45, 7) is 6.64. The molecule has 0 N–H and O–H groups in total. The van der Waals surface area contributed by atoms with E-state index in [0.717, 1.165) is 16.8 Å². The second kappa shape index (κ2) is 6.46. The summed E-state index contributed by atoms with van der Waals surface area (Å²) < 4.78 is 6.87. The minimum absolute atomic E-state index is 0.250. The highest BCUT2D eigenvalue weighted by molar-refractivity contribution is 6.02. The zero-order valence-electron chi connectivity index (χ0n) is 18.9. The predicted molar refractivity (Wildman–Crippen MR) is 134 cm³/mol. The van der Waals surface area contributed by atoms with Gasteiger partial charge in [-0.15, -0.1) is 0 Å². The molecule has 1 spiro atoms. The molecule has 1 unspecified atom stereocenters. The van der Waals surface area contributed by atoms with Crippen LogP contribution >= 0.6 is 0 Å². The summed E-state index contributed by atoms with van der Waals surface area (Å²) in [4.78, 5) is 7.27. The van der Waals surface area contributed by atoms with Gasteiger partial charge in [-0.05, 0) is 66.6 Å². The van der Waals surface area contributed by atoms with Crippen molar-refractivity contribution in [3.8, 4) is 16.9 Å². The van der Waals surface area contributed by atoms with Crippen LogP contribution in [0.2, 0.25) is 0 Å². The van der Waals surface area contributed by atoms with Crippen molar-refractivity contribution < 1.29 is 4.74 Å². The van der Waals surface area contributed by atoms with E-state index in [1.807, 2.05) is 12.3 Å². The molecule has 2 aliphatic heterocycles. The fourth-order valence-electron chi connectivity index (χ4n) is 5.45. The number of fused-ring (bicyclic) bond motifs is 4. The van der Waals surface area contributed by atoms with Crippen molar-refractivity contribution >= 4 is 28.4 Å². The van der Waals surface area contributed by atoms with Crippen molar-refractivity contribution in [2.45, 2.75) is 31.9 Å². The maximum atomic E-state index is 6.87. The van der Waals surface area contributed by atoms with E-state index >= 15 is 0 Å². The van der Waals surface area contributed by atoms with Crippen LogP contribution < -0.4 is 9.64 Å². The highest BCUT2D eigenvalue weighted by Crippen LogP contribution is 2.54. The minimum atomic E-state index is -0.659. The molecule has 0 fully saturated rings. The molecule has 4 aromatic carbocycles. The molecule has 0 bridgehead atoms. The van der Waals surface area contributed by atoms with Gasteiger partial charge in [0.25, 0.3) is 0 Å². The normalized spacial score (nSPS) is 20.3. The van der Waals surface area contributed by atoms with Crippen LogP contribution in [0.3, 0.4) is 0 Å². The molecule has 3 nitrogen and oxygen atoms in total. The number of aliphatic imine (C=N–C) groups is 1. The monoisotopic (exact) mass is 418 g/mol. The minimum Gasteiger partial charge on any atom is -0.459 e. The Kier molecular flexibility index (Phi) is 3.86. The summed E-state index contributed by atoms with van der Waals surface area (Å²) in [5, 5.41) is 2.34. The number of nitrogens with zero attached hydrogens (tertiary/aromatic N) is 2. The van der Waals surface area contributed by atoms with Crippen LogP contribution in [0.4, 0.5) is 11.4 Å². The zero-order chi connectivity index (χ0) is 22.1. The fourth-order valence-corrected chi connectivity index (χ4v) is 5.45. The van der Waals surface area contributed by atoms with Crippen LogP contribution in [-0.4, -0.2) is 19.0 Å². The Hall–Kier alpha value is -3.59. The first-order valence-electron chi connectivity index (χ1n) is 11.1. The molecule has 4 aromatic rings. The third-order valence-corrected chi connectivity index (χ3v) is 7.35. The van der Waals surface area contributed by atoms with Gasteiger partial charge in [-0.25, -0.2) is 0 Å². The van der Waals surface area contributed by atoms with Crippen LogP contribution in [0.15, 0.2) is 83.9 Å². The Morgan fingerprint density at radius 3 is 2.34 bits per heavy atom. The van der Waals surface area contributed by atoms with Gasteiger partial charge in [0.1, 0.15) is 11.4 Å². The molecule has 32 heavy (non-hydrogen) atoms. The third-order valence-electron chi connectivity index (χ3n) is 7.35. The standard InChI is InChI=1S/C29H26N2O/c1-19-16-26-27(22-15-14-21(17-23(19)22)20-10-6-5-7-11-20)30-18-29(32-26)28(2,3)24-12-8-9-13-25(24)31(29)4/h5-18H,1-4H3. The molecular formula is C29H26N2O. The summed E-state index contributed by atoms with van der Waals surface area (Å²) in [6, 6.07) is 27.8. The van der Waals surface area contributed by atoms with Crippen LogP contribution in [0.25, 0.3) is 21.9 Å². The smallest absolute Gasteiger partial charge is 0.228 e. The summed E-state index contributed by atoms with van der Waals surface area (Å²) in [5.74, 6) is 0.845. The summed E-state index contributed by atoms with van der Waals surface area (Å²) in [7, 11) is 2.10. The number of hydrogen-bond acceptors (Lipinski definition) is 3. The topological polar surface area (TPSA) is 24.8 Å². The average Bonchev–Trinajstić information content (AvgIpc) is 2.98. The first-order chi connectivity index (χ1) is 15.4. The average molecular weight is 419 g/mol. The molecule has 158 valence electrons. The van der Waals surface area contributed by atoms with Crippen molar-refractivity contribution in [2.75, 3.05) is 11.9 Å². The number of likely N-dealkylation sites (N-methyl/N-ethyl adjacent to an activating group) is 1. The largest absolute Gasteiger partial charge is 0.459 e. The Balaban J connectivity index is 1.50. The van der Waals surface area contributed by atoms with Crippen molar-refractivity contribution in [3.63, 3.8) is 0 Å². The lowest BCUT2D eigenvalue weighted by molar-refractivity contribution is 0.0826.